The van der Waals surface area contributed by atoms with E-state index in [1.54, 1.807) is 11.9 Å². The van der Waals surface area contributed by atoms with Crippen LogP contribution in [0.5, 0.6) is 0 Å². The molecule has 0 radical (unpaired) electrons. The first kappa shape index (κ1) is 11.6. The third-order valence-electron chi connectivity index (χ3n) is 4.92. The van der Waals surface area contributed by atoms with Crippen molar-refractivity contribution in [2.24, 2.45) is 23.7 Å². The van der Waals surface area contributed by atoms with Crippen molar-refractivity contribution in [3.8, 4) is 0 Å². The van der Waals surface area contributed by atoms with Gasteiger partial charge in [-0.2, -0.15) is 0 Å². The van der Waals surface area contributed by atoms with Crippen LogP contribution in [-0.4, -0.2) is 29.2 Å². The van der Waals surface area contributed by atoms with Gasteiger partial charge in [-0.25, -0.2) is 0 Å². The minimum Gasteiger partial charge on any atom is -0.333 e. The van der Waals surface area contributed by atoms with Crippen molar-refractivity contribution in [3.63, 3.8) is 0 Å². The smallest absolute Gasteiger partial charge is 0.226 e. The van der Waals surface area contributed by atoms with Crippen LogP contribution in [0.1, 0.15) is 34.1 Å². The molecular weight excluding hydrogens is 202 g/mol. The van der Waals surface area contributed by atoms with Gasteiger partial charge in [-0.1, -0.05) is 13.8 Å². The number of hydrogen-bond acceptors (Lipinski definition) is 2. The molecule has 2 rings (SSSR count). The second-order valence-electron chi connectivity index (χ2n) is 6.02. The average Bonchev–Trinajstić information content (AvgIpc) is 2.51. The second-order valence-corrected chi connectivity index (χ2v) is 6.02. The van der Waals surface area contributed by atoms with Crippen molar-refractivity contribution in [2.75, 3.05) is 7.05 Å². The van der Waals surface area contributed by atoms with Gasteiger partial charge in [0.15, 0.2) is 5.78 Å². The third kappa shape index (κ3) is 1.26. The SMILES string of the molecule is CC1CC2C(=O)N(C)C(C)(C)C(=O)C2C1C. The van der Waals surface area contributed by atoms with Crippen LogP contribution in [-0.2, 0) is 9.59 Å². The lowest BCUT2D eigenvalue weighted by atomic mass is 9.73. The summed E-state index contributed by atoms with van der Waals surface area (Å²) in [6.45, 7) is 7.98. The van der Waals surface area contributed by atoms with Gasteiger partial charge in [0.1, 0.15) is 0 Å². The summed E-state index contributed by atoms with van der Waals surface area (Å²) in [5.74, 6) is 1.12. The number of fused-ring (bicyclic) bond motifs is 1. The maximum atomic E-state index is 12.4. The minimum atomic E-state index is -0.628. The van der Waals surface area contributed by atoms with Crippen LogP contribution >= 0.6 is 0 Å². The number of ketones is 1. The van der Waals surface area contributed by atoms with Gasteiger partial charge in [0.25, 0.3) is 0 Å². The van der Waals surface area contributed by atoms with Gasteiger partial charge in [0, 0.05) is 18.9 Å². The lowest BCUT2D eigenvalue weighted by Gasteiger charge is -2.44. The van der Waals surface area contributed by atoms with E-state index in [9.17, 15) is 9.59 Å². The summed E-state index contributed by atoms with van der Waals surface area (Å²) < 4.78 is 0. The Labute approximate surface area is 97.2 Å². The van der Waals surface area contributed by atoms with Gasteiger partial charge in [-0.3, -0.25) is 9.59 Å². The number of carbonyl (C=O) groups is 2. The molecule has 90 valence electrons. The molecule has 1 amide bonds. The molecule has 0 aromatic carbocycles. The molecule has 0 N–H and O–H groups in total. The molecule has 3 heteroatoms. The number of Topliss-reactive ketones (excluding diaryl/α,β-unsaturated/α-hetero) is 1. The molecule has 0 aromatic heterocycles. The van der Waals surface area contributed by atoms with Crippen molar-refractivity contribution in [2.45, 2.75) is 39.7 Å². The summed E-state index contributed by atoms with van der Waals surface area (Å²) >= 11 is 0. The Morgan fingerprint density at radius 3 is 2.38 bits per heavy atom. The lowest BCUT2D eigenvalue weighted by Crippen LogP contribution is -2.61. The molecule has 1 aliphatic carbocycles. The van der Waals surface area contributed by atoms with Crippen LogP contribution < -0.4 is 0 Å². The summed E-state index contributed by atoms with van der Waals surface area (Å²) in [7, 11) is 1.75. The second kappa shape index (κ2) is 3.31. The minimum absolute atomic E-state index is 0.0475. The zero-order valence-electron chi connectivity index (χ0n) is 10.8. The first-order valence-electron chi connectivity index (χ1n) is 6.10. The zero-order valence-corrected chi connectivity index (χ0v) is 10.8. The van der Waals surface area contributed by atoms with Crippen LogP contribution in [0.3, 0.4) is 0 Å². The number of rotatable bonds is 0. The van der Waals surface area contributed by atoms with Crippen molar-refractivity contribution in [3.05, 3.63) is 0 Å². The van der Waals surface area contributed by atoms with E-state index in [-0.39, 0.29) is 23.5 Å². The highest BCUT2D eigenvalue weighted by Crippen LogP contribution is 2.47. The Bertz CT molecular complexity index is 348. The van der Waals surface area contributed by atoms with Crippen molar-refractivity contribution in [1.82, 2.24) is 4.90 Å². The number of likely N-dealkylation sites (N-methyl/N-ethyl adjacent to an activating group) is 1. The van der Waals surface area contributed by atoms with Crippen LogP contribution in [0.2, 0.25) is 0 Å². The van der Waals surface area contributed by atoms with Crippen LogP contribution in [0, 0.1) is 23.7 Å². The molecule has 1 saturated heterocycles. The van der Waals surface area contributed by atoms with E-state index in [1.165, 1.54) is 0 Å². The molecule has 4 unspecified atom stereocenters. The topological polar surface area (TPSA) is 37.4 Å². The van der Waals surface area contributed by atoms with E-state index in [0.717, 1.165) is 6.42 Å². The Balaban J connectivity index is 2.42. The molecule has 2 fully saturated rings. The third-order valence-corrected chi connectivity index (χ3v) is 4.92. The molecule has 4 atom stereocenters. The van der Waals surface area contributed by atoms with E-state index in [4.69, 9.17) is 0 Å². The Kier molecular flexibility index (Phi) is 2.41. The van der Waals surface area contributed by atoms with Gasteiger partial charge in [0.2, 0.25) is 5.91 Å². The highest BCUT2D eigenvalue weighted by atomic mass is 16.2. The summed E-state index contributed by atoms with van der Waals surface area (Å²) in [5, 5.41) is 0. The molecule has 1 aliphatic heterocycles. The van der Waals surface area contributed by atoms with Crippen LogP contribution in [0.4, 0.5) is 0 Å². The standard InChI is InChI=1S/C13H21NO2/c1-7-6-9-10(8(7)2)11(15)13(3,4)14(5)12(9)16/h7-10H,6H2,1-5H3. The molecule has 2 aliphatic rings. The van der Waals surface area contributed by atoms with Gasteiger partial charge in [0.05, 0.1) is 5.54 Å². The van der Waals surface area contributed by atoms with Crippen LogP contribution in [0.15, 0.2) is 0 Å². The molecule has 1 saturated carbocycles. The number of carbonyl (C=O) groups excluding carboxylic acids is 2. The van der Waals surface area contributed by atoms with Gasteiger partial charge >= 0.3 is 0 Å². The maximum absolute atomic E-state index is 12.4. The van der Waals surface area contributed by atoms with Gasteiger partial charge < -0.3 is 4.90 Å². The Hall–Kier alpha value is -0.860. The molecule has 0 spiro atoms. The maximum Gasteiger partial charge on any atom is 0.226 e. The number of amides is 1. The highest BCUT2D eigenvalue weighted by molar-refractivity contribution is 6.01. The highest BCUT2D eigenvalue weighted by Gasteiger charge is 2.56. The molecule has 0 bridgehead atoms. The first-order chi connectivity index (χ1) is 7.28. The Morgan fingerprint density at radius 1 is 1.25 bits per heavy atom. The van der Waals surface area contributed by atoms with Crippen LogP contribution in [0.25, 0.3) is 0 Å². The number of nitrogens with zero attached hydrogens (tertiary/aromatic N) is 1. The zero-order chi connectivity index (χ0) is 12.2. The predicted molar refractivity (Wildman–Crippen MR) is 61.8 cm³/mol. The van der Waals surface area contributed by atoms with Crippen molar-refractivity contribution >= 4 is 11.7 Å². The fourth-order valence-corrected chi connectivity index (χ4v) is 3.26. The summed E-state index contributed by atoms with van der Waals surface area (Å²) in [6.07, 6.45) is 0.872. The summed E-state index contributed by atoms with van der Waals surface area (Å²) in [5.41, 5.74) is -0.628. The monoisotopic (exact) mass is 223 g/mol. The average molecular weight is 223 g/mol. The van der Waals surface area contributed by atoms with E-state index in [1.807, 2.05) is 13.8 Å². The molecule has 0 aromatic rings. The molecule has 3 nitrogen and oxygen atoms in total. The number of piperidine rings is 1. The lowest BCUT2D eigenvalue weighted by molar-refractivity contribution is -0.158. The van der Waals surface area contributed by atoms with Crippen molar-refractivity contribution < 1.29 is 9.59 Å². The summed E-state index contributed by atoms with van der Waals surface area (Å²) in [4.78, 5) is 26.3. The van der Waals surface area contributed by atoms with E-state index < -0.39 is 5.54 Å². The van der Waals surface area contributed by atoms with E-state index in [0.29, 0.717) is 11.8 Å². The largest absolute Gasteiger partial charge is 0.333 e. The fraction of sp³-hybridized carbons (Fsp3) is 0.846. The van der Waals surface area contributed by atoms with Gasteiger partial charge in [-0.15, -0.1) is 0 Å². The van der Waals surface area contributed by atoms with Crippen molar-refractivity contribution in [1.29, 1.82) is 0 Å². The van der Waals surface area contributed by atoms with Gasteiger partial charge in [-0.05, 0) is 32.1 Å². The van der Waals surface area contributed by atoms with E-state index >= 15 is 0 Å². The molecule has 1 heterocycles. The summed E-state index contributed by atoms with van der Waals surface area (Å²) in [6, 6.07) is 0. The predicted octanol–water partition coefficient (Wildman–Crippen LogP) is 1.71. The normalized spacial score (nSPS) is 42.4. The molecule has 16 heavy (non-hydrogen) atoms. The number of likely N-dealkylation sites (tertiary alicyclic amines) is 1. The quantitative estimate of drug-likeness (QED) is 0.627. The van der Waals surface area contributed by atoms with E-state index in [2.05, 4.69) is 13.8 Å². The Morgan fingerprint density at radius 2 is 1.81 bits per heavy atom. The molecular formula is C13H21NO2. The first-order valence-corrected chi connectivity index (χ1v) is 6.10. The number of hydrogen-bond donors (Lipinski definition) is 0. The fourth-order valence-electron chi connectivity index (χ4n) is 3.26.